The average Bonchev–Trinajstić information content (AvgIpc) is 2.92. The van der Waals surface area contributed by atoms with E-state index in [4.69, 9.17) is 5.73 Å². The number of hydrogen-bond donors (Lipinski definition) is 2. The van der Waals surface area contributed by atoms with Crippen molar-refractivity contribution in [3.8, 4) is 0 Å². The molecule has 3 nitrogen and oxygen atoms in total. The third-order valence-corrected chi connectivity index (χ3v) is 3.08. The fourth-order valence-corrected chi connectivity index (χ4v) is 1.78. The summed E-state index contributed by atoms with van der Waals surface area (Å²) in [4.78, 5) is 11.8. The zero-order valence-electron chi connectivity index (χ0n) is 9.71. The van der Waals surface area contributed by atoms with Crippen molar-refractivity contribution in [2.75, 3.05) is 5.73 Å². The molecule has 1 aliphatic carbocycles. The van der Waals surface area contributed by atoms with E-state index in [1.165, 1.54) is 12.1 Å². The normalized spacial score (nSPS) is 22.7. The van der Waals surface area contributed by atoms with E-state index in [-0.39, 0.29) is 11.6 Å². The van der Waals surface area contributed by atoms with Gasteiger partial charge >= 0.3 is 6.18 Å². The molecule has 0 heterocycles. The van der Waals surface area contributed by atoms with Gasteiger partial charge in [-0.2, -0.15) is 13.2 Å². The van der Waals surface area contributed by atoms with Crippen LogP contribution in [0.1, 0.15) is 29.3 Å². The molecule has 2 unspecified atom stereocenters. The number of hydrogen-bond acceptors (Lipinski definition) is 2. The number of carbonyl (C=O) groups excluding carboxylic acids is 1. The van der Waals surface area contributed by atoms with Crippen LogP contribution in [0.3, 0.4) is 0 Å². The van der Waals surface area contributed by atoms with Crippen molar-refractivity contribution in [3.05, 3.63) is 29.3 Å². The number of nitrogen functional groups attached to an aromatic ring is 1. The van der Waals surface area contributed by atoms with Crippen LogP contribution < -0.4 is 11.1 Å². The minimum atomic E-state index is -4.55. The molecule has 1 aliphatic rings. The molecular formula is C12H13F3N2O. The summed E-state index contributed by atoms with van der Waals surface area (Å²) in [5.74, 6) is -0.172. The molecular weight excluding hydrogens is 245 g/mol. The van der Waals surface area contributed by atoms with Crippen LogP contribution in [0.4, 0.5) is 18.9 Å². The van der Waals surface area contributed by atoms with Crippen LogP contribution in [0.15, 0.2) is 18.2 Å². The van der Waals surface area contributed by atoms with Gasteiger partial charge in [0.25, 0.3) is 5.91 Å². The minimum absolute atomic E-state index is 0.0476. The number of benzene rings is 1. The molecule has 98 valence electrons. The second-order valence-electron chi connectivity index (χ2n) is 4.56. The number of nitrogens with two attached hydrogens (primary N) is 1. The number of carbonyl (C=O) groups is 1. The first kappa shape index (κ1) is 12.7. The van der Waals surface area contributed by atoms with Gasteiger partial charge in [-0.1, -0.05) is 13.0 Å². The van der Waals surface area contributed by atoms with E-state index in [9.17, 15) is 18.0 Å². The number of para-hydroxylation sites is 1. The van der Waals surface area contributed by atoms with E-state index in [0.717, 1.165) is 12.5 Å². The van der Waals surface area contributed by atoms with Crippen molar-refractivity contribution in [1.29, 1.82) is 0 Å². The third kappa shape index (κ3) is 2.42. The third-order valence-electron chi connectivity index (χ3n) is 3.08. The van der Waals surface area contributed by atoms with Crippen LogP contribution in [0.25, 0.3) is 0 Å². The molecule has 0 radical (unpaired) electrons. The van der Waals surface area contributed by atoms with Crippen molar-refractivity contribution in [3.63, 3.8) is 0 Å². The first-order valence-corrected chi connectivity index (χ1v) is 5.57. The summed E-state index contributed by atoms with van der Waals surface area (Å²) >= 11 is 0. The van der Waals surface area contributed by atoms with Crippen molar-refractivity contribution >= 4 is 11.6 Å². The zero-order valence-corrected chi connectivity index (χ0v) is 9.71. The van der Waals surface area contributed by atoms with Crippen LogP contribution in [-0.2, 0) is 6.18 Å². The summed E-state index contributed by atoms with van der Waals surface area (Å²) in [5, 5.41) is 2.65. The van der Waals surface area contributed by atoms with Gasteiger partial charge in [-0.3, -0.25) is 4.79 Å². The molecule has 18 heavy (non-hydrogen) atoms. The van der Waals surface area contributed by atoms with E-state index < -0.39 is 23.3 Å². The summed E-state index contributed by atoms with van der Waals surface area (Å²) in [6.45, 7) is 1.96. The van der Waals surface area contributed by atoms with E-state index in [0.29, 0.717) is 5.92 Å². The molecule has 1 saturated carbocycles. The number of rotatable bonds is 2. The van der Waals surface area contributed by atoms with E-state index >= 15 is 0 Å². The fourth-order valence-electron chi connectivity index (χ4n) is 1.78. The average molecular weight is 258 g/mol. The molecule has 0 spiro atoms. The highest BCUT2D eigenvalue weighted by Gasteiger charge is 2.37. The summed E-state index contributed by atoms with van der Waals surface area (Å²) in [6.07, 6.45) is -3.70. The lowest BCUT2D eigenvalue weighted by molar-refractivity contribution is -0.136. The Hall–Kier alpha value is -1.72. The Kier molecular flexibility index (Phi) is 2.96. The summed E-state index contributed by atoms with van der Waals surface area (Å²) in [6, 6.07) is 3.40. The Morgan fingerprint density at radius 2 is 2.06 bits per heavy atom. The number of amides is 1. The van der Waals surface area contributed by atoms with Gasteiger partial charge in [-0.15, -0.1) is 0 Å². The predicted molar refractivity (Wildman–Crippen MR) is 60.9 cm³/mol. The number of alkyl halides is 3. The predicted octanol–water partition coefficient (Wildman–Crippen LogP) is 2.43. The van der Waals surface area contributed by atoms with Gasteiger partial charge in [0.15, 0.2) is 0 Å². The molecule has 0 saturated heterocycles. The van der Waals surface area contributed by atoms with Gasteiger partial charge in [0.05, 0.1) is 16.8 Å². The van der Waals surface area contributed by atoms with Crippen LogP contribution >= 0.6 is 0 Å². The van der Waals surface area contributed by atoms with Crippen molar-refractivity contribution in [2.24, 2.45) is 5.92 Å². The first-order valence-electron chi connectivity index (χ1n) is 5.57. The maximum absolute atomic E-state index is 12.6. The molecule has 1 aromatic rings. The number of halogens is 3. The lowest BCUT2D eigenvalue weighted by Crippen LogP contribution is -2.28. The lowest BCUT2D eigenvalue weighted by atomic mass is 10.1. The monoisotopic (exact) mass is 258 g/mol. The minimum Gasteiger partial charge on any atom is -0.398 e. The second-order valence-corrected chi connectivity index (χ2v) is 4.56. The SMILES string of the molecule is CC1CC1NC(=O)c1cccc(C(F)(F)F)c1N. The smallest absolute Gasteiger partial charge is 0.398 e. The molecule has 0 aromatic heterocycles. The Balaban J connectivity index is 2.25. The Morgan fingerprint density at radius 1 is 1.44 bits per heavy atom. The Labute approximate surface area is 102 Å². The number of anilines is 1. The molecule has 1 fully saturated rings. The number of nitrogens with one attached hydrogen (secondary N) is 1. The van der Waals surface area contributed by atoms with Gasteiger partial charge < -0.3 is 11.1 Å². The van der Waals surface area contributed by atoms with Crippen LogP contribution in [-0.4, -0.2) is 11.9 Å². The largest absolute Gasteiger partial charge is 0.418 e. The van der Waals surface area contributed by atoms with Crippen molar-refractivity contribution < 1.29 is 18.0 Å². The highest BCUT2D eigenvalue weighted by Crippen LogP contribution is 2.35. The van der Waals surface area contributed by atoms with Gasteiger partial charge in [0.2, 0.25) is 0 Å². The van der Waals surface area contributed by atoms with Crippen LogP contribution in [0.2, 0.25) is 0 Å². The van der Waals surface area contributed by atoms with E-state index in [2.05, 4.69) is 5.32 Å². The van der Waals surface area contributed by atoms with Gasteiger partial charge in [-0.05, 0) is 24.5 Å². The molecule has 2 rings (SSSR count). The van der Waals surface area contributed by atoms with Gasteiger partial charge in [0.1, 0.15) is 0 Å². The van der Waals surface area contributed by atoms with Crippen molar-refractivity contribution in [1.82, 2.24) is 5.32 Å². The Morgan fingerprint density at radius 3 is 2.56 bits per heavy atom. The second kappa shape index (κ2) is 4.19. The fraction of sp³-hybridized carbons (Fsp3) is 0.417. The molecule has 3 N–H and O–H groups in total. The van der Waals surface area contributed by atoms with Crippen LogP contribution in [0.5, 0.6) is 0 Å². The maximum atomic E-state index is 12.6. The summed E-state index contributed by atoms with van der Waals surface area (Å²) in [5.41, 5.74) is 3.81. The highest BCUT2D eigenvalue weighted by atomic mass is 19.4. The Bertz CT molecular complexity index is 485. The molecule has 6 heteroatoms. The van der Waals surface area contributed by atoms with Gasteiger partial charge in [-0.25, -0.2) is 0 Å². The highest BCUT2D eigenvalue weighted by molar-refractivity contribution is 6.00. The first-order chi connectivity index (χ1) is 8.30. The van der Waals surface area contributed by atoms with E-state index in [1.807, 2.05) is 6.92 Å². The lowest BCUT2D eigenvalue weighted by Gasteiger charge is -2.13. The molecule has 1 amide bonds. The van der Waals surface area contributed by atoms with Gasteiger partial charge in [0, 0.05) is 6.04 Å². The quantitative estimate of drug-likeness (QED) is 0.800. The molecule has 0 aliphatic heterocycles. The summed E-state index contributed by atoms with van der Waals surface area (Å²) in [7, 11) is 0. The summed E-state index contributed by atoms with van der Waals surface area (Å²) < 4.78 is 37.9. The standard InChI is InChI=1S/C12H13F3N2O/c1-6-5-9(6)17-11(18)7-3-2-4-8(10(7)16)12(13,14)15/h2-4,6,9H,5,16H2,1H3,(H,17,18). The molecule has 1 aromatic carbocycles. The van der Waals surface area contributed by atoms with Crippen LogP contribution in [0, 0.1) is 5.92 Å². The van der Waals surface area contributed by atoms with E-state index in [1.54, 1.807) is 0 Å². The van der Waals surface area contributed by atoms with Crippen molar-refractivity contribution in [2.45, 2.75) is 25.6 Å². The maximum Gasteiger partial charge on any atom is 0.418 e. The molecule has 2 atom stereocenters. The molecule has 0 bridgehead atoms. The zero-order chi connectivity index (χ0) is 13.5. The topological polar surface area (TPSA) is 55.1 Å².